The molecule has 170 valence electrons. The Morgan fingerprint density at radius 2 is 2.12 bits per heavy atom. The number of fused-ring (bicyclic) bond motifs is 1. The van der Waals surface area contributed by atoms with Gasteiger partial charge in [0.1, 0.15) is 5.82 Å². The first kappa shape index (κ1) is 21.3. The van der Waals surface area contributed by atoms with Gasteiger partial charge in [0.25, 0.3) is 5.91 Å². The van der Waals surface area contributed by atoms with Crippen LogP contribution in [0.4, 0.5) is 10.9 Å². The number of hydrogen-bond acceptors (Lipinski definition) is 7. The molecule has 2 amide bonds. The fourth-order valence-electron chi connectivity index (χ4n) is 4.71. The van der Waals surface area contributed by atoms with Crippen molar-refractivity contribution in [3.63, 3.8) is 0 Å². The van der Waals surface area contributed by atoms with Gasteiger partial charge in [-0.3, -0.25) is 9.59 Å². The third-order valence-electron chi connectivity index (χ3n) is 6.65. The fraction of sp³-hybridized carbons (Fsp3) is 0.565. The lowest BCUT2D eigenvalue weighted by molar-refractivity contribution is -0.114. The molecular formula is C23H29N5O3S. The maximum Gasteiger partial charge on any atom is 0.258 e. The minimum atomic E-state index is -0.148. The van der Waals surface area contributed by atoms with Crippen molar-refractivity contribution in [2.75, 3.05) is 30.0 Å². The van der Waals surface area contributed by atoms with Crippen molar-refractivity contribution in [1.82, 2.24) is 14.9 Å². The molecule has 2 unspecified atom stereocenters. The Balaban J connectivity index is 1.59. The highest BCUT2D eigenvalue weighted by molar-refractivity contribution is 7.19. The van der Waals surface area contributed by atoms with Crippen LogP contribution in [0.5, 0.6) is 0 Å². The number of morpholine rings is 1. The molecule has 0 spiro atoms. The second-order valence-corrected chi connectivity index (χ2v) is 10.1. The zero-order valence-electron chi connectivity index (χ0n) is 19.0. The number of nitrogens with one attached hydrogen (secondary N) is 1. The first-order valence-electron chi connectivity index (χ1n) is 11.3. The van der Waals surface area contributed by atoms with Crippen molar-refractivity contribution in [3.05, 3.63) is 22.9 Å². The molecule has 2 atom stereocenters. The Labute approximate surface area is 192 Å². The standard InChI is InChI=1S/C23H29N5O3S/c1-12-11-31-8-7-27(12)21-19-17(10-28(22(19)30)14(3)16-5-6-16)9-18(26-21)20-13(2)24-23(32-20)25-15(4)29/h9,12,14,16H,5-8,10-11H2,1-4H3,(H,24,25,29). The van der Waals surface area contributed by atoms with Crippen molar-refractivity contribution in [3.8, 4) is 10.6 Å². The van der Waals surface area contributed by atoms with Gasteiger partial charge in [0.2, 0.25) is 5.91 Å². The molecule has 3 aliphatic rings. The van der Waals surface area contributed by atoms with Gasteiger partial charge in [-0.05, 0) is 51.2 Å². The van der Waals surface area contributed by atoms with Crippen molar-refractivity contribution in [2.24, 2.45) is 5.92 Å². The topological polar surface area (TPSA) is 87.7 Å². The van der Waals surface area contributed by atoms with Crippen molar-refractivity contribution in [2.45, 2.75) is 59.2 Å². The molecule has 0 radical (unpaired) electrons. The van der Waals surface area contributed by atoms with Gasteiger partial charge in [0.15, 0.2) is 5.13 Å². The number of rotatable bonds is 5. The van der Waals surface area contributed by atoms with E-state index >= 15 is 0 Å². The highest BCUT2D eigenvalue weighted by atomic mass is 32.1. The van der Waals surface area contributed by atoms with Crippen molar-refractivity contribution in [1.29, 1.82) is 0 Å². The number of anilines is 2. The molecular weight excluding hydrogens is 426 g/mol. The van der Waals surface area contributed by atoms with Crippen LogP contribution < -0.4 is 10.2 Å². The fourth-order valence-corrected chi connectivity index (χ4v) is 5.68. The minimum Gasteiger partial charge on any atom is -0.377 e. The second kappa shape index (κ2) is 8.12. The molecule has 5 rings (SSSR count). The van der Waals surface area contributed by atoms with Gasteiger partial charge in [-0.25, -0.2) is 9.97 Å². The molecule has 2 aliphatic heterocycles. The predicted octanol–water partition coefficient (Wildman–Crippen LogP) is 3.45. The lowest BCUT2D eigenvalue weighted by Crippen LogP contribution is -2.45. The van der Waals surface area contributed by atoms with Gasteiger partial charge in [-0.1, -0.05) is 11.3 Å². The largest absolute Gasteiger partial charge is 0.377 e. The minimum absolute atomic E-state index is 0.0899. The summed E-state index contributed by atoms with van der Waals surface area (Å²) >= 11 is 1.42. The summed E-state index contributed by atoms with van der Waals surface area (Å²) in [5, 5.41) is 3.34. The maximum absolute atomic E-state index is 13.6. The van der Waals surface area contributed by atoms with Crippen LogP contribution >= 0.6 is 11.3 Å². The summed E-state index contributed by atoms with van der Waals surface area (Å²) in [5.74, 6) is 1.30. The Morgan fingerprint density at radius 3 is 2.81 bits per heavy atom. The molecule has 1 saturated heterocycles. The van der Waals surface area contributed by atoms with E-state index in [0.29, 0.717) is 37.4 Å². The normalized spacial score (nSPS) is 21.6. The van der Waals surface area contributed by atoms with Crippen LogP contribution in [0.25, 0.3) is 10.6 Å². The van der Waals surface area contributed by atoms with Crippen LogP contribution in [0, 0.1) is 12.8 Å². The van der Waals surface area contributed by atoms with E-state index in [2.05, 4.69) is 29.0 Å². The van der Waals surface area contributed by atoms with E-state index < -0.39 is 0 Å². The van der Waals surface area contributed by atoms with Crippen LogP contribution in [0.3, 0.4) is 0 Å². The molecule has 32 heavy (non-hydrogen) atoms. The molecule has 4 heterocycles. The lowest BCUT2D eigenvalue weighted by Gasteiger charge is -2.35. The summed E-state index contributed by atoms with van der Waals surface area (Å²) in [6, 6.07) is 2.42. The number of carbonyl (C=O) groups excluding carboxylic acids is 2. The van der Waals surface area contributed by atoms with Gasteiger partial charge >= 0.3 is 0 Å². The smallest absolute Gasteiger partial charge is 0.258 e. The predicted molar refractivity (Wildman–Crippen MR) is 124 cm³/mol. The van der Waals surface area contributed by atoms with Crippen molar-refractivity contribution < 1.29 is 14.3 Å². The van der Waals surface area contributed by atoms with Gasteiger partial charge in [-0.15, -0.1) is 0 Å². The molecule has 1 N–H and O–H groups in total. The monoisotopic (exact) mass is 455 g/mol. The molecule has 8 nitrogen and oxygen atoms in total. The Kier molecular flexibility index (Phi) is 5.41. The van der Waals surface area contributed by atoms with Gasteiger partial charge in [0.05, 0.1) is 41.1 Å². The van der Waals surface area contributed by atoms with E-state index in [-0.39, 0.29) is 23.9 Å². The number of amides is 2. The number of carbonyl (C=O) groups is 2. The number of nitrogens with zero attached hydrogens (tertiary/aromatic N) is 4. The van der Waals surface area contributed by atoms with E-state index in [1.54, 1.807) is 0 Å². The van der Waals surface area contributed by atoms with E-state index in [1.807, 2.05) is 17.9 Å². The highest BCUT2D eigenvalue weighted by Crippen LogP contribution is 2.42. The van der Waals surface area contributed by atoms with Gasteiger partial charge in [-0.2, -0.15) is 0 Å². The summed E-state index contributed by atoms with van der Waals surface area (Å²) in [7, 11) is 0. The third-order valence-corrected chi connectivity index (χ3v) is 7.74. The van der Waals surface area contributed by atoms with Crippen LogP contribution in [-0.4, -0.2) is 58.5 Å². The average molecular weight is 456 g/mol. The van der Waals surface area contributed by atoms with E-state index in [0.717, 1.165) is 33.2 Å². The zero-order chi connectivity index (χ0) is 22.6. The summed E-state index contributed by atoms with van der Waals surface area (Å²) in [6.07, 6.45) is 2.40. The summed E-state index contributed by atoms with van der Waals surface area (Å²) in [5.41, 5.74) is 3.38. The van der Waals surface area contributed by atoms with Crippen LogP contribution in [0.1, 0.15) is 55.2 Å². The van der Waals surface area contributed by atoms with E-state index in [9.17, 15) is 9.59 Å². The second-order valence-electron chi connectivity index (χ2n) is 9.11. The number of thiazole rings is 1. The van der Waals surface area contributed by atoms with Crippen molar-refractivity contribution >= 4 is 34.1 Å². The maximum atomic E-state index is 13.6. The van der Waals surface area contributed by atoms with Crippen LogP contribution in [-0.2, 0) is 16.1 Å². The number of ether oxygens (including phenoxy) is 1. The Hall–Kier alpha value is -2.52. The van der Waals surface area contributed by atoms with Crippen LogP contribution in [0.15, 0.2) is 6.07 Å². The first-order chi connectivity index (χ1) is 15.3. The molecule has 2 aromatic rings. The molecule has 0 bridgehead atoms. The number of hydrogen-bond donors (Lipinski definition) is 1. The number of aromatic nitrogens is 2. The Bertz CT molecular complexity index is 1080. The molecule has 9 heteroatoms. The van der Waals surface area contributed by atoms with Gasteiger partial charge in [0, 0.05) is 26.1 Å². The number of pyridine rings is 1. The van der Waals surface area contributed by atoms with Gasteiger partial charge < -0.3 is 19.9 Å². The Morgan fingerprint density at radius 1 is 1.34 bits per heavy atom. The summed E-state index contributed by atoms with van der Waals surface area (Å²) < 4.78 is 5.64. The highest BCUT2D eigenvalue weighted by Gasteiger charge is 2.41. The third kappa shape index (κ3) is 3.77. The summed E-state index contributed by atoms with van der Waals surface area (Å²) in [6.45, 7) is 10.2. The van der Waals surface area contributed by atoms with E-state index in [4.69, 9.17) is 9.72 Å². The first-order valence-corrected chi connectivity index (χ1v) is 12.1. The molecule has 2 aromatic heterocycles. The zero-order valence-corrected chi connectivity index (χ0v) is 19.8. The average Bonchev–Trinajstić information content (AvgIpc) is 3.46. The molecule has 0 aromatic carbocycles. The molecule has 1 aliphatic carbocycles. The lowest BCUT2D eigenvalue weighted by atomic mass is 10.1. The molecule has 1 saturated carbocycles. The summed E-state index contributed by atoms with van der Waals surface area (Å²) in [4.78, 5) is 39.7. The number of aryl methyl sites for hydroxylation is 1. The van der Waals surface area contributed by atoms with Crippen LogP contribution in [0.2, 0.25) is 0 Å². The van der Waals surface area contributed by atoms with E-state index in [1.165, 1.54) is 31.1 Å². The SMILES string of the molecule is CC(=O)Nc1nc(C)c(-c2cc3c(c(N4CCOCC4C)n2)C(=O)N(C(C)C2CC2)C3)s1. The quantitative estimate of drug-likeness (QED) is 0.743. The molecule has 2 fully saturated rings.